The Kier molecular flexibility index (Phi) is 4.39. The fourth-order valence-electron chi connectivity index (χ4n) is 2.97. The van der Waals surface area contributed by atoms with Gasteiger partial charge in [-0.2, -0.15) is 5.26 Å². The van der Waals surface area contributed by atoms with Gasteiger partial charge in [-0.15, -0.1) is 0 Å². The molecule has 0 unspecified atom stereocenters. The van der Waals surface area contributed by atoms with Crippen LogP contribution in [-0.2, 0) is 14.8 Å². The monoisotopic (exact) mass is 347 g/mol. The van der Waals surface area contributed by atoms with Gasteiger partial charge >= 0.3 is 0 Å². The van der Waals surface area contributed by atoms with Gasteiger partial charge in [0, 0.05) is 19.0 Å². The molecule has 0 radical (unpaired) electrons. The Morgan fingerprint density at radius 1 is 1.46 bits per heavy atom. The van der Waals surface area contributed by atoms with Crippen LogP contribution in [0.1, 0.15) is 24.7 Å². The summed E-state index contributed by atoms with van der Waals surface area (Å²) in [7, 11) is -3.35. The molecule has 1 fully saturated rings. The van der Waals surface area contributed by atoms with Gasteiger partial charge in [0.15, 0.2) is 17.3 Å². The number of piperidine rings is 1. The third-order valence-corrected chi connectivity index (χ3v) is 5.50. The van der Waals surface area contributed by atoms with Gasteiger partial charge in [0.2, 0.25) is 15.9 Å². The number of aromatic nitrogens is 1. The largest absolute Gasteiger partial charge is 0.439 e. The van der Waals surface area contributed by atoms with Crippen molar-refractivity contribution in [1.82, 2.24) is 9.29 Å². The van der Waals surface area contributed by atoms with Crippen molar-refractivity contribution in [3.8, 4) is 6.07 Å². The van der Waals surface area contributed by atoms with Crippen LogP contribution in [-0.4, -0.2) is 42.8 Å². The average Bonchev–Trinajstić information content (AvgIpc) is 2.98. The molecule has 2 heterocycles. The molecule has 0 N–H and O–H groups in total. The van der Waals surface area contributed by atoms with Crippen LogP contribution in [0.15, 0.2) is 28.7 Å². The second-order valence-electron chi connectivity index (χ2n) is 5.94. The quantitative estimate of drug-likeness (QED) is 0.833. The lowest BCUT2D eigenvalue weighted by Gasteiger charge is -2.30. The molecule has 0 amide bonds. The van der Waals surface area contributed by atoms with Crippen LogP contribution in [0.5, 0.6) is 0 Å². The van der Waals surface area contributed by atoms with Crippen molar-refractivity contribution in [2.24, 2.45) is 5.92 Å². The maximum atomic E-state index is 12.7. The first-order chi connectivity index (χ1) is 11.4. The van der Waals surface area contributed by atoms with Crippen molar-refractivity contribution in [3.63, 3.8) is 0 Å². The molecule has 1 aliphatic rings. The Hall–Kier alpha value is -2.24. The number of ketones is 1. The molecule has 24 heavy (non-hydrogen) atoms. The molecule has 0 spiro atoms. The molecule has 7 nitrogen and oxygen atoms in total. The van der Waals surface area contributed by atoms with E-state index in [1.165, 1.54) is 4.31 Å². The molecular formula is C16H17N3O4S. The minimum Gasteiger partial charge on any atom is -0.439 e. The summed E-state index contributed by atoms with van der Waals surface area (Å²) >= 11 is 0. The van der Waals surface area contributed by atoms with Gasteiger partial charge < -0.3 is 4.42 Å². The van der Waals surface area contributed by atoms with E-state index in [-0.39, 0.29) is 18.2 Å². The Morgan fingerprint density at radius 2 is 2.21 bits per heavy atom. The van der Waals surface area contributed by atoms with E-state index in [0.29, 0.717) is 30.5 Å². The molecule has 1 aliphatic heterocycles. The van der Waals surface area contributed by atoms with Gasteiger partial charge in [-0.05, 0) is 25.0 Å². The zero-order valence-electron chi connectivity index (χ0n) is 13.2. The van der Waals surface area contributed by atoms with Crippen molar-refractivity contribution in [1.29, 1.82) is 5.26 Å². The van der Waals surface area contributed by atoms with Gasteiger partial charge in [-0.1, -0.05) is 12.1 Å². The molecule has 0 bridgehead atoms. The predicted molar refractivity (Wildman–Crippen MR) is 86.5 cm³/mol. The molecule has 3 rings (SSSR count). The molecule has 0 aliphatic carbocycles. The molecule has 2 aromatic rings. The highest BCUT2D eigenvalue weighted by molar-refractivity contribution is 7.88. The van der Waals surface area contributed by atoms with Crippen molar-refractivity contribution in [3.05, 3.63) is 30.2 Å². The summed E-state index contributed by atoms with van der Waals surface area (Å²) < 4.78 is 30.2. The van der Waals surface area contributed by atoms with Crippen LogP contribution in [0.2, 0.25) is 0 Å². The van der Waals surface area contributed by atoms with E-state index in [4.69, 9.17) is 4.42 Å². The maximum absolute atomic E-state index is 12.7. The Labute approximate surface area is 139 Å². The lowest BCUT2D eigenvalue weighted by atomic mass is 9.88. The zero-order valence-corrected chi connectivity index (χ0v) is 14.0. The number of nitrogens with zero attached hydrogens (tertiary/aromatic N) is 3. The second kappa shape index (κ2) is 6.34. The van der Waals surface area contributed by atoms with Gasteiger partial charge in [0.25, 0.3) is 0 Å². The van der Waals surface area contributed by atoms with Gasteiger partial charge in [-0.3, -0.25) is 4.79 Å². The van der Waals surface area contributed by atoms with Crippen molar-refractivity contribution in [2.75, 3.05) is 19.3 Å². The smallest absolute Gasteiger partial charge is 0.220 e. The molecule has 2 atom stereocenters. The lowest BCUT2D eigenvalue weighted by molar-refractivity contribution is -0.124. The first-order valence-electron chi connectivity index (χ1n) is 7.64. The van der Waals surface area contributed by atoms with Crippen molar-refractivity contribution < 1.29 is 17.6 Å². The standard InChI is InChI=1S/C16H17N3O4S/c1-24(21,22)19-8-4-5-11(10-19)15(20)12(9-17)16-18-13-6-2-3-7-14(13)23-16/h2-3,6-7,11-12H,4-5,8,10H2,1H3/t11-,12-/m1/s1. The number of carbonyl (C=O) groups excluding carboxylic acids is 1. The van der Waals surface area contributed by atoms with E-state index in [2.05, 4.69) is 4.98 Å². The summed E-state index contributed by atoms with van der Waals surface area (Å²) in [4.78, 5) is 17.0. The average molecular weight is 347 g/mol. The molecule has 1 aromatic heterocycles. The first kappa shape index (κ1) is 16.6. The summed E-state index contributed by atoms with van der Waals surface area (Å²) in [6, 6.07) is 9.00. The van der Waals surface area contributed by atoms with E-state index in [1.54, 1.807) is 24.3 Å². The number of rotatable bonds is 4. The lowest BCUT2D eigenvalue weighted by Crippen LogP contribution is -2.42. The highest BCUT2D eigenvalue weighted by Gasteiger charge is 2.36. The molecule has 126 valence electrons. The van der Waals surface area contributed by atoms with Crippen LogP contribution in [0, 0.1) is 17.2 Å². The third-order valence-electron chi connectivity index (χ3n) is 4.23. The number of Topliss-reactive ketones (excluding diaryl/α,β-unsaturated/α-hetero) is 1. The highest BCUT2D eigenvalue weighted by atomic mass is 32.2. The van der Waals surface area contributed by atoms with Gasteiger partial charge in [0.1, 0.15) is 5.52 Å². The molecular weight excluding hydrogens is 330 g/mol. The number of nitriles is 1. The maximum Gasteiger partial charge on any atom is 0.220 e. The number of oxazole rings is 1. The van der Waals surface area contributed by atoms with Crippen molar-refractivity contribution in [2.45, 2.75) is 18.8 Å². The summed E-state index contributed by atoms with van der Waals surface area (Å²) in [5.41, 5.74) is 1.10. The minimum absolute atomic E-state index is 0.0696. The van der Waals surface area contributed by atoms with Crippen LogP contribution in [0.25, 0.3) is 11.1 Å². The van der Waals surface area contributed by atoms with Crippen LogP contribution >= 0.6 is 0 Å². The van der Waals surface area contributed by atoms with Crippen molar-refractivity contribution >= 4 is 26.9 Å². The predicted octanol–water partition coefficient (Wildman–Crippen LogP) is 1.68. The number of hydrogen-bond acceptors (Lipinski definition) is 6. The SMILES string of the molecule is CS(=O)(=O)N1CCC[C@@H](C(=O)[C@@H](C#N)c2nc3ccccc3o2)C1. The number of fused-ring (bicyclic) bond motifs is 1. The first-order valence-corrected chi connectivity index (χ1v) is 9.49. The number of hydrogen-bond donors (Lipinski definition) is 0. The minimum atomic E-state index is -3.35. The normalized spacial score (nSPS) is 20.6. The Bertz CT molecular complexity index is 880. The fraction of sp³-hybridized carbons (Fsp3) is 0.438. The number of para-hydroxylation sites is 2. The van der Waals surface area contributed by atoms with Crippen LogP contribution in [0.3, 0.4) is 0 Å². The molecule has 0 saturated carbocycles. The van der Waals surface area contributed by atoms with Crippen LogP contribution in [0.4, 0.5) is 0 Å². The topological polar surface area (TPSA) is 104 Å². The molecule has 1 aromatic carbocycles. The van der Waals surface area contributed by atoms with E-state index >= 15 is 0 Å². The van der Waals surface area contributed by atoms with Gasteiger partial charge in [-0.25, -0.2) is 17.7 Å². The number of carbonyl (C=O) groups is 1. The Morgan fingerprint density at radius 3 is 2.88 bits per heavy atom. The third kappa shape index (κ3) is 3.18. The number of sulfonamides is 1. The summed E-state index contributed by atoms with van der Waals surface area (Å²) in [6.07, 6.45) is 2.28. The van der Waals surface area contributed by atoms with E-state index in [1.807, 2.05) is 6.07 Å². The Balaban J connectivity index is 1.85. The van der Waals surface area contributed by atoms with E-state index in [0.717, 1.165) is 6.26 Å². The molecule has 8 heteroatoms. The molecule has 1 saturated heterocycles. The second-order valence-corrected chi connectivity index (χ2v) is 7.93. The summed E-state index contributed by atoms with van der Waals surface area (Å²) in [5, 5.41) is 9.43. The van der Waals surface area contributed by atoms with Gasteiger partial charge in [0.05, 0.1) is 12.3 Å². The fourth-order valence-corrected chi connectivity index (χ4v) is 3.88. The van der Waals surface area contributed by atoms with Crippen LogP contribution < -0.4 is 0 Å². The van der Waals surface area contributed by atoms with E-state index < -0.39 is 21.9 Å². The summed E-state index contributed by atoms with van der Waals surface area (Å²) in [6.45, 7) is 0.513. The van der Waals surface area contributed by atoms with E-state index in [9.17, 15) is 18.5 Å². The summed E-state index contributed by atoms with van der Waals surface area (Å²) in [5.74, 6) is -1.91. The zero-order chi connectivity index (χ0) is 17.3. The highest BCUT2D eigenvalue weighted by Crippen LogP contribution is 2.28. The number of benzene rings is 1.